The van der Waals surface area contributed by atoms with Gasteiger partial charge in [0.2, 0.25) is 5.91 Å². The van der Waals surface area contributed by atoms with Crippen molar-refractivity contribution in [3.8, 4) is 0 Å². The van der Waals surface area contributed by atoms with Crippen molar-refractivity contribution in [3.63, 3.8) is 0 Å². The van der Waals surface area contributed by atoms with Gasteiger partial charge in [-0.25, -0.2) is 0 Å². The second-order valence-electron chi connectivity index (χ2n) is 6.21. The van der Waals surface area contributed by atoms with E-state index in [0.29, 0.717) is 5.91 Å². The van der Waals surface area contributed by atoms with E-state index in [4.69, 9.17) is 11.6 Å². The number of likely N-dealkylation sites (tertiary alicyclic amines) is 2. The first-order chi connectivity index (χ1) is 10.2. The van der Waals surface area contributed by atoms with Gasteiger partial charge in [0.05, 0.1) is 0 Å². The minimum Gasteiger partial charge on any atom is -0.342 e. The van der Waals surface area contributed by atoms with E-state index < -0.39 is 0 Å². The van der Waals surface area contributed by atoms with Crippen LogP contribution in [-0.2, 0) is 11.3 Å². The Bertz CT molecular complexity index is 474. The maximum absolute atomic E-state index is 12.4. The monoisotopic (exact) mass is 306 g/mol. The highest BCUT2D eigenvalue weighted by atomic mass is 35.5. The van der Waals surface area contributed by atoms with Gasteiger partial charge in [-0.05, 0) is 56.5 Å². The van der Waals surface area contributed by atoms with E-state index in [1.807, 2.05) is 12.1 Å². The van der Waals surface area contributed by atoms with Gasteiger partial charge in [-0.2, -0.15) is 0 Å². The van der Waals surface area contributed by atoms with E-state index in [1.54, 1.807) is 0 Å². The van der Waals surface area contributed by atoms with Crippen LogP contribution >= 0.6 is 11.6 Å². The van der Waals surface area contributed by atoms with Gasteiger partial charge in [-0.15, -0.1) is 0 Å². The zero-order valence-electron chi connectivity index (χ0n) is 12.4. The molecule has 0 bridgehead atoms. The van der Waals surface area contributed by atoms with E-state index >= 15 is 0 Å². The predicted molar refractivity (Wildman–Crippen MR) is 85.3 cm³/mol. The Morgan fingerprint density at radius 2 is 1.67 bits per heavy atom. The molecule has 21 heavy (non-hydrogen) atoms. The molecule has 0 aliphatic carbocycles. The zero-order valence-corrected chi connectivity index (χ0v) is 13.2. The average molecular weight is 307 g/mol. The molecule has 2 aliphatic heterocycles. The van der Waals surface area contributed by atoms with E-state index in [-0.39, 0.29) is 5.92 Å². The van der Waals surface area contributed by atoms with Crippen LogP contribution in [0, 0.1) is 5.92 Å². The Balaban J connectivity index is 1.48. The standard InChI is InChI=1S/C17H23ClN2O/c18-16-5-3-14(4-6-16)13-19-11-7-15(8-12-19)17(21)20-9-1-2-10-20/h3-6,15H,1-2,7-13H2. The summed E-state index contributed by atoms with van der Waals surface area (Å²) in [4.78, 5) is 16.9. The Morgan fingerprint density at radius 1 is 1.05 bits per heavy atom. The predicted octanol–water partition coefficient (Wildman–Crippen LogP) is 3.17. The second-order valence-corrected chi connectivity index (χ2v) is 6.65. The highest BCUT2D eigenvalue weighted by molar-refractivity contribution is 6.30. The molecule has 2 fully saturated rings. The second kappa shape index (κ2) is 6.80. The topological polar surface area (TPSA) is 23.6 Å². The lowest BCUT2D eigenvalue weighted by Crippen LogP contribution is -2.41. The molecule has 1 amide bonds. The molecule has 114 valence electrons. The van der Waals surface area contributed by atoms with Crippen LogP contribution in [0.2, 0.25) is 5.02 Å². The van der Waals surface area contributed by atoms with Crippen LogP contribution in [0.5, 0.6) is 0 Å². The van der Waals surface area contributed by atoms with Crippen LogP contribution in [0.15, 0.2) is 24.3 Å². The van der Waals surface area contributed by atoms with Crippen molar-refractivity contribution in [2.24, 2.45) is 5.92 Å². The SMILES string of the molecule is O=C(C1CCN(Cc2ccc(Cl)cc2)CC1)N1CCCC1. The largest absolute Gasteiger partial charge is 0.342 e. The van der Waals surface area contributed by atoms with Crippen LogP contribution in [0.4, 0.5) is 0 Å². The molecule has 2 aliphatic rings. The summed E-state index contributed by atoms with van der Waals surface area (Å²) in [7, 11) is 0. The first-order valence-electron chi connectivity index (χ1n) is 7.98. The first-order valence-corrected chi connectivity index (χ1v) is 8.36. The summed E-state index contributed by atoms with van der Waals surface area (Å²) in [6.45, 7) is 4.95. The maximum atomic E-state index is 12.4. The number of benzene rings is 1. The summed E-state index contributed by atoms with van der Waals surface area (Å²) in [5.41, 5.74) is 1.30. The summed E-state index contributed by atoms with van der Waals surface area (Å²) in [6, 6.07) is 8.06. The summed E-state index contributed by atoms with van der Waals surface area (Å²) in [5.74, 6) is 0.656. The van der Waals surface area contributed by atoms with E-state index in [1.165, 1.54) is 18.4 Å². The molecule has 1 aromatic carbocycles. The minimum absolute atomic E-state index is 0.254. The lowest BCUT2D eigenvalue weighted by atomic mass is 9.95. The number of nitrogens with zero attached hydrogens (tertiary/aromatic N) is 2. The lowest BCUT2D eigenvalue weighted by molar-refractivity contribution is -0.136. The molecule has 3 rings (SSSR count). The number of carbonyl (C=O) groups is 1. The highest BCUT2D eigenvalue weighted by Crippen LogP contribution is 2.23. The number of hydrogen-bond donors (Lipinski definition) is 0. The van der Waals surface area contributed by atoms with Crippen LogP contribution in [0.3, 0.4) is 0 Å². The fourth-order valence-electron chi connectivity index (χ4n) is 3.38. The molecule has 0 atom stereocenters. The third-order valence-corrected chi connectivity index (χ3v) is 4.93. The molecule has 0 spiro atoms. The molecule has 0 radical (unpaired) electrons. The minimum atomic E-state index is 0.254. The van der Waals surface area contributed by atoms with E-state index in [9.17, 15) is 4.79 Å². The van der Waals surface area contributed by atoms with Crippen molar-refractivity contribution < 1.29 is 4.79 Å². The van der Waals surface area contributed by atoms with Gasteiger partial charge in [0.15, 0.2) is 0 Å². The van der Waals surface area contributed by atoms with Crippen molar-refractivity contribution in [3.05, 3.63) is 34.9 Å². The Kier molecular flexibility index (Phi) is 4.81. The highest BCUT2D eigenvalue weighted by Gasteiger charge is 2.29. The first kappa shape index (κ1) is 14.9. The Labute approximate surface area is 131 Å². The number of carbonyl (C=O) groups excluding carboxylic acids is 1. The fraction of sp³-hybridized carbons (Fsp3) is 0.588. The van der Waals surface area contributed by atoms with Crippen LogP contribution in [0.25, 0.3) is 0 Å². The molecule has 2 heterocycles. The molecule has 2 saturated heterocycles. The number of rotatable bonds is 3. The fourth-order valence-corrected chi connectivity index (χ4v) is 3.51. The average Bonchev–Trinajstić information content (AvgIpc) is 3.04. The van der Waals surface area contributed by atoms with Crippen molar-refractivity contribution in [2.75, 3.05) is 26.2 Å². The van der Waals surface area contributed by atoms with Crippen LogP contribution in [0.1, 0.15) is 31.2 Å². The van der Waals surface area contributed by atoms with E-state index in [2.05, 4.69) is 21.9 Å². The molecule has 0 unspecified atom stereocenters. The van der Waals surface area contributed by atoms with Crippen molar-refractivity contribution in [1.29, 1.82) is 0 Å². The van der Waals surface area contributed by atoms with Crippen molar-refractivity contribution >= 4 is 17.5 Å². The van der Waals surface area contributed by atoms with Crippen LogP contribution < -0.4 is 0 Å². The summed E-state index contributed by atoms with van der Waals surface area (Å²) >= 11 is 5.91. The number of halogens is 1. The van der Waals surface area contributed by atoms with E-state index in [0.717, 1.165) is 50.6 Å². The van der Waals surface area contributed by atoms with Gasteiger partial charge in [0, 0.05) is 30.6 Å². The quantitative estimate of drug-likeness (QED) is 0.856. The van der Waals surface area contributed by atoms with Gasteiger partial charge >= 0.3 is 0 Å². The van der Waals surface area contributed by atoms with Gasteiger partial charge < -0.3 is 4.90 Å². The molecule has 0 N–H and O–H groups in total. The molecule has 4 heteroatoms. The normalized spacial score (nSPS) is 20.9. The molecule has 1 aromatic rings. The number of piperidine rings is 1. The summed E-state index contributed by atoms with van der Waals surface area (Å²) in [5, 5.41) is 0.786. The molecular formula is C17H23ClN2O. The number of hydrogen-bond acceptors (Lipinski definition) is 2. The summed E-state index contributed by atoms with van der Waals surface area (Å²) < 4.78 is 0. The smallest absolute Gasteiger partial charge is 0.225 e. The Morgan fingerprint density at radius 3 is 2.29 bits per heavy atom. The lowest BCUT2D eigenvalue weighted by Gasteiger charge is -2.33. The Hall–Kier alpha value is -1.06. The molecular weight excluding hydrogens is 284 g/mol. The van der Waals surface area contributed by atoms with Crippen molar-refractivity contribution in [1.82, 2.24) is 9.80 Å². The zero-order chi connectivity index (χ0) is 14.7. The van der Waals surface area contributed by atoms with Gasteiger partial charge in [0.1, 0.15) is 0 Å². The van der Waals surface area contributed by atoms with Gasteiger partial charge in [0.25, 0.3) is 0 Å². The van der Waals surface area contributed by atoms with Crippen molar-refractivity contribution in [2.45, 2.75) is 32.2 Å². The van der Waals surface area contributed by atoms with Gasteiger partial charge in [-0.3, -0.25) is 9.69 Å². The number of amides is 1. The molecule has 0 aromatic heterocycles. The third-order valence-electron chi connectivity index (χ3n) is 4.67. The van der Waals surface area contributed by atoms with Gasteiger partial charge in [-0.1, -0.05) is 23.7 Å². The van der Waals surface area contributed by atoms with Crippen LogP contribution in [-0.4, -0.2) is 41.9 Å². The third kappa shape index (κ3) is 3.78. The molecule has 3 nitrogen and oxygen atoms in total. The maximum Gasteiger partial charge on any atom is 0.225 e. The molecule has 0 saturated carbocycles. The summed E-state index contributed by atoms with van der Waals surface area (Å²) in [6.07, 6.45) is 4.37.